The molecule has 0 saturated carbocycles. The Hall–Kier alpha value is -1.33. The van der Waals surface area contributed by atoms with Crippen LogP contribution >= 0.6 is 23.2 Å². The molecule has 0 fully saturated rings. The molecule has 1 unspecified atom stereocenters. The maximum atomic E-state index is 6.24. The molecule has 112 valence electrons. The van der Waals surface area contributed by atoms with E-state index >= 15 is 0 Å². The average Bonchev–Trinajstić information content (AvgIpc) is 2.43. The lowest BCUT2D eigenvalue weighted by molar-refractivity contribution is 0.241. The number of nitrogens with one attached hydrogen (secondary N) is 1. The van der Waals surface area contributed by atoms with E-state index in [0.717, 1.165) is 11.1 Å². The molecule has 0 aliphatic rings. The molecule has 1 aromatic heterocycles. The van der Waals surface area contributed by atoms with Crippen LogP contribution in [0.4, 0.5) is 0 Å². The Kier molecular flexibility index (Phi) is 5.42. The van der Waals surface area contributed by atoms with Crippen molar-refractivity contribution in [2.45, 2.75) is 26.0 Å². The first-order valence-corrected chi connectivity index (χ1v) is 7.29. The number of aromatic nitrogens is 1. The molecule has 0 radical (unpaired) electrons. The standard InChI is InChI=1S/C15H17Cl2N3O/c1-9(2)21-12-5-10(7-19-8-12)15(20-18)13-6-11(16)3-4-14(13)17/h3-9,15,20H,18H2,1-2H3. The van der Waals surface area contributed by atoms with Gasteiger partial charge in [0.05, 0.1) is 18.3 Å². The molecule has 1 heterocycles. The van der Waals surface area contributed by atoms with Gasteiger partial charge in [-0.25, -0.2) is 5.43 Å². The quantitative estimate of drug-likeness (QED) is 0.649. The van der Waals surface area contributed by atoms with Crippen LogP contribution in [0.15, 0.2) is 36.7 Å². The second-order valence-corrected chi connectivity index (χ2v) is 5.73. The monoisotopic (exact) mass is 325 g/mol. The van der Waals surface area contributed by atoms with Crippen LogP contribution in [0.25, 0.3) is 0 Å². The first kappa shape index (κ1) is 16.0. The minimum absolute atomic E-state index is 0.0705. The zero-order chi connectivity index (χ0) is 15.4. The van der Waals surface area contributed by atoms with Crippen LogP contribution in [-0.4, -0.2) is 11.1 Å². The summed E-state index contributed by atoms with van der Waals surface area (Å²) in [5, 5.41) is 1.18. The van der Waals surface area contributed by atoms with Crippen LogP contribution in [0.3, 0.4) is 0 Å². The molecule has 0 aliphatic carbocycles. The molecule has 6 heteroatoms. The van der Waals surface area contributed by atoms with Crippen molar-refractivity contribution < 1.29 is 4.74 Å². The summed E-state index contributed by atoms with van der Waals surface area (Å²) in [5.74, 6) is 6.37. The number of rotatable bonds is 5. The second kappa shape index (κ2) is 7.09. The number of nitrogens with two attached hydrogens (primary N) is 1. The molecule has 2 rings (SSSR count). The average molecular weight is 326 g/mol. The van der Waals surface area contributed by atoms with E-state index in [4.69, 9.17) is 33.8 Å². The highest BCUT2D eigenvalue weighted by atomic mass is 35.5. The Morgan fingerprint density at radius 2 is 1.95 bits per heavy atom. The Balaban J connectivity index is 2.39. The van der Waals surface area contributed by atoms with E-state index in [1.54, 1.807) is 30.6 Å². The Labute approximate surface area is 134 Å². The molecule has 0 spiro atoms. The molecule has 0 bridgehead atoms. The van der Waals surface area contributed by atoms with Gasteiger partial charge in [-0.2, -0.15) is 0 Å². The predicted molar refractivity (Wildman–Crippen MR) is 85.6 cm³/mol. The number of hydrogen-bond donors (Lipinski definition) is 2. The number of ether oxygens (including phenoxy) is 1. The zero-order valence-electron chi connectivity index (χ0n) is 11.8. The van der Waals surface area contributed by atoms with Crippen LogP contribution < -0.4 is 16.0 Å². The fraction of sp³-hybridized carbons (Fsp3) is 0.267. The summed E-state index contributed by atoms with van der Waals surface area (Å²) < 4.78 is 5.65. The van der Waals surface area contributed by atoms with E-state index in [1.807, 2.05) is 19.9 Å². The van der Waals surface area contributed by atoms with Gasteiger partial charge in [0.15, 0.2) is 0 Å². The van der Waals surface area contributed by atoms with Gasteiger partial charge < -0.3 is 4.74 Å². The van der Waals surface area contributed by atoms with Crippen LogP contribution in [0, 0.1) is 0 Å². The van der Waals surface area contributed by atoms with Gasteiger partial charge in [0.25, 0.3) is 0 Å². The van der Waals surface area contributed by atoms with E-state index < -0.39 is 0 Å². The van der Waals surface area contributed by atoms with Gasteiger partial charge in [-0.1, -0.05) is 23.2 Å². The molecule has 0 aliphatic heterocycles. The van der Waals surface area contributed by atoms with E-state index in [-0.39, 0.29) is 12.1 Å². The summed E-state index contributed by atoms with van der Waals surface area (Å²) in [6.07, 6.45) is 3.45. The lowest BCUT2D eigenvalue weighted by atomic mass is 10.0. The van der Waals surface area contributed by atoms with Crippen LogP contribution in [0.5, 0.6) is 5.75 Å². The highest BCUT2D eigenvalue weighted by Gasteiger charge is 2.17. The van der Waals surface area contributed by atoms with Gasteiger partial charge in [0.1, 0.15) is 5.75 Å². The van der Waals surface area contributed by atoms with Gasteiger partial charge >= 0.3 is 0 Å². The molecular formula is C15H17Cl2N3O. The van der Waals surface area contributed by atoms with Crippen molar-refractivity contribution in [2.75, 3.05) is 0 Å². The molecule has 21 heavy (non-hydrogen) atoms. The SMILES string of the molecule is CC(C)Oc1cncc(C(NN)c2cc(Cl)ccc2Cl)c1. The zero-order valence-corrected chi connectivity index (χ0v) is 13.3. The van der Waals surface area contributed by atoms with Gasteiger partial charge in [0.2, 0.25) is 0 Å². The van der Waals surface area contributed by atoms with Crippen molar-refractivity contribution in [3.05, 3.63) is 57.8 Å². The minimum Gasteiger partial charge on any atom is -0.489 e. The summed E-state index contributed by atoms with van der Waals surface area (Å²) in [6, 6.07) is 6.82. The summed E-state index contributed by atoms with van der Waals surface area (Å²) in [6.45, 7) is 3.92. The van der Waals surface area contributed by atoms with Gasteiger partial charge in [0, 0.05) is 16.2 Å². The number of hydrazine groups is 1. The van der Waals surface area contributed by atoms with Crippen molar-refractivity contribution in [3.63, 3.8) is 0 Å². The number of nitrogens with zero attached hydrogens (tertiary/aromatic N) is 1. The van der Waals surface area contributed by atoms with Crippen molar-refractivity contribution in [3.8, 4) is 5.75 Å². The Bertz CT molecular complexity index is 620. The van der Waals surface area contributed by atoms with E-state index in [2.05, 4.69) is 10.4 Å². The van der Waals surface area contributed by atoms with Crippen molar-refractivity contribution >= 4 is 23.2 Å². The normalized spacial score (nSPS) is 12.5. The highest BCUT2D eigenvalue weighted by Crippen LogP contribution is 2.31. The molecular weight excluding hydrogens is 309 g/mol. The first-order chi connectivity index (χ1) is 10.0. The molecule has 1 atom stereocenters. The van der Waals surface area contributed by atoms with Crippen molar-refractivity contribution in [1.82, 2.24) is 10.4 Å². The minimum atomic E-state index is -0.320. The first-order valence-electron chi connectivity index (χ1n) is 6.54. The fourth-order valence-corrected chi connectivity index (χ4v) is 2.44. The molecule has 0 saturated heterocycles. The summed E-state index contributed by atoms with van der Waals surface area (Å²) >= 11 is 12.3. The van der Waals surface area contributed by atoms with Gasteiger partial charge in [-0.15, -0.1) is 0 Å². The summed E-state index contributed by atoms with van der Waals surface area (Å²) in [7, 11) is 0. The Morgan fingerprint density at radius 3 is 2.62 bits per heavy atom. The third-order valence-corrected chi connectivity index (χ3v) is 3.45. The molecule has 1 aromatic carbocycles. The summed E-state index contributed by atoms with van der Waals surface area (Å²) in [5.41, 5.74) is 4.38. The molecule has 2 aromatic rings. The molecule has 0 amide bonds. The largest absolute Gasteiger partial charge is 0.489 e. The molecule has 4 nitrogen and oxygen atoms in total. The Morgan fingerprint density at radius 1 is 1.19 bits per heavy atom. The fourth-order valence-electron chi connectivity index (χ4n) is 2.03. The van der Waals surface area contributed by atoms with Gasteiger partial charge in [-0.3, -0.25) is 10.8 Å². The maximum Gasteiger partial charge on any atom is 0.138 e. The van der Waals surface area contributed by atoms with Gasteiger partial charge in [-0.05, 0) is 49.2 Å². The number of pyridine rings is 1. The highest BCUT2D eigenvalue weighted by molar-refractivity contribution is 6.33. The van der Waals surface area contributed by atoms with Crippen LogP contribution in [0.1, 0.15) is 31.0 Å². The number of benzene rings is 1. The van der Waals surface area contributed by atoms with E-state index in [0.29, 0.717) is 15.8 Å². The number of halogens is 2. The van der Waals surface area contributed by atoms with E-state index in [9.17, 15) is 0 Å². The maximum absolute atomic E-state index is 6.24. The summed E-state index contributed by atoms with van der Waals surface area (Å²) in [4.78, 5) is 4.19. The lowest BCUT2D eigenvalue weighted by Crippen LogP contribution is -2.29. The number of hydrogen-bond acceptors (Lipinski definition) is 4. The topological polar surface area (TPSA) is 60.2 Å². The third kappa shape index (κ3) is 4.08. The third-order valence-electron chi connectivity index (χ3n) is 2.88. The predicted octanol–water partition coefficient (Wildman–Crippen LogP) is 3.73. The van der Waals surface area contributed by atoms with Crippen LogP contribution in [-0.2, 0) is 0 Å². The smallest absolute Gasteiger partial charge is 0.138 e. The second-order valence-electron chi connectivity index (χ2n) is 4.89. The lowest BCUT2D eigenvalue weighted by Gasteiger charge is -2.19. The molecule has 3 N–H and O–H groups in total. The van der Waals surface area contributed by atoms with Crippen molar-refractivity contribution in [2.24, 2.45) is 5.84 Å². The van der Waals surface area contributed by atoms with Crippen molar-refractivity contribution in [1.29, 1.82) is 0 Å². The van der Waals surface area contributed by atoms with E-state index in [1.165, 1.54) is 0 Å². The van der Waals surface area contributed by atoms with Crippen LogP contribution in [0.2, 0.25) is 10.0 Å².